The summed E-state index contributed by atoms with van der Waals surface area (Å²) >= 11 is 0. The van der Waals surface area contributed by atoms with Gasteiger partial charge in [-0.05, 0) is 43.0 Å². The highest BCUT2D eigenvalue weighted by molar-refractivity contribution is 5.96. The predicted octanol–water partition coefficient (Wildman–Crippen LogP) is 4.88. The maximum atomic E-state index is 14.1. The number of alkyl halides is 3. The molecule has 2 unspecified atom stereocenters. The van der Waals surface area contributed by atoms with Crippen molar-refractivity contribution in [3.8, 4) is 22.9 Å². The molecular formula is C28H30F3N5O3. The van der Waals surface area contributed by atoms with E-state index in [-0.39, 0.29) is 23.3 Å². The number of aromatic nitrogens is 3. The number of methoxy groups -OCH3 is 1. The van der Waals surface area contributed by atoms with Crippen molar-refractivity contribution in [2.45, 2.75) is 38.3 Å². The van der Waals surface area contributed by atoms with Gasteiger partial charge in [0.05, 0.1) is 43.1 Å². The molecule has 0 aliphatic carbocycles. The van der Waals surface area contributed by atoms with Gasteiger partial charge in [-0.15, -0.1) is 0 Å². The molecule has 1 fully saturated rings. The van der Waals surface area contributed by atoms with Gasteiger partial charge >= 0.3 is 6.18 Å². The Morgan fingerprint density at radius 2 is 2.03 bits per heavy atom. The van der Waals surface area contributed by atoms with Gasteiger partial charge in [0.25, 0.3) is 5.91 Å². The topological polar surface area (TPSA) is 89.5 Å². The molecule has 0 bridgehead atoms. The summed E-state index contributed by atoms with van der Waals surface area (Å²) in [7, 11) is 1.21. The number of amides is 1. The number of carbonyl (C=O) groups excluding carboxylic acids is 1. The second-order valence-corrected chi connectivity index (χ2v) is 9.76. The van der Waals surface area contributed by atoms with E-state index in [0.717, 1.165) is 11.8 Å². The molecule has 39 heavy (non-hydrogen) atoms. The van der Waals surface area contributed by atoms with Crippen molar-refractivity contribution in [2.75, 3.05) is 38.3 Å². The molecule has 8 nitrogen and oxygen atoms in total. The molecule has 3 aromatic rings. The minimum absolute atomic E-state index is 0.00345. The highest BCUT2D eigenvalue weighted by atomic mass is 19.4. The second-order valence-electron chi connectivity index (χ2n) is 9.76. The fourth-order valence-corrected chi connectivity index (χ4v) is 5.95. The Labute approximate surface area is 224 Å². The van der Waals surface area contributed by atoms with Crippen LogP contribution in [0.4, 0.5) is 18.9 Å². The molecule has 1 spiro atoms. The summed E-state index contributed by atoms with van der Waals surface area (Å²) in [4.78, 5) is 27.8. The summed E-state index contributed by atoms with van der Waals surface area (Å²) < 4.78 is 52.9. The second kappa shape index (κ2) is 10.3. The van der Waals surface area contributed by atoms with Crippen LogP contribution in [-0.2, 0) is 11.6 Å². The first-order valence-electron chi connectivity index (χ1n) is 13.0. The number of halogens is 3. The van der Waals surface area contributed by atoms with Crippen molar-refractivity contribution >= 4 is 11.6 Å². The summed E-state index contributed by atoms with van der Waals surface area (Å²) in [6.07, 6.45) is 0.610. The maximum Gasteiger partial charge on any atom is 0.422 e. The maximum absolute atomic E-state index is 14.1. The molecule has 3 aromatic heterocycles. The molecule has 1 N–H and O–H groups in total. The van der Waals surface area contributed by atoms with Crippen molar-refractivity contribution in [1.29, 1.82) is 0 Å². The molecule has 11 heteroatoms. The van der Waals surface area contributed by atoms with Crippen LogP contribution >= 0.6 is 0 Å². The van der Waals surface area contributed by atoms with E-state index in [1.54, 1.807) is 17.2 Å². The van der Waals surface area contributed by atoms with Crippen LogP contribution in [0, 0.1) is 5.92 Å². The van der Waals surface area contributed by atoms with Crippen LogP contribution in [0.25, 0.3) is 11.3 Å². The van der Waals surface area contributed by atoms with E-state index < -0.39 is 17.2 Å². The molecule has 2 atom stereocenters. The number of rotatable bonds is 6. The van der Waals surface area contributed by atoms with Gasteiger partial charge in [0.2, 0.25) is 5.88 Å². The molecule has 0 radical (unpaired) electrons. The number of nitrogens with zero attached hydrogens (tertiary/aromatic N) is 4. The monoisotopic (exact) mass is 541 g/mol. The minimum atomic E-state index is -4.60. The van der Waals surface area contributed by atoms with Crippen LogP contribution in [0.15, 0.2) is 42.9 Å². The van der Waals surface area contributed by atoms with Crippen molar-refractivity contribution < 1.29 is 27.4 Å². The molecule has 206 valence electrons. The Morgan fingerprint density at radius 3 is 2.74 bits per heavy atom. The first kappa shape index (κ1) is 26.7. The third kappa shape index (κ3) is 4.63. The van der Waals surface area contributed by atoms with E-state index in [1.165, 1.54) is 13.3 Å². The van der Waals surface area contributed by atoms with E-state index in [9.17, 15) is 18.0 Å². The van der Waals surface area contributed by atoms with Crippen LogP contribution < -0.4 is 19.7 Å². The zero-order chi connectivity index (χ0) is 27.8. The molecule has 2 aliphatic heterocycles. The summed E-state index contributed by atoms with van der Waals surface area (Å²) in [6, 6.07) is 7.43. The lowest BCUT2D eigenvalue weighted by Crippen LogP contribution is -2.58. The molecule has 1 saturated heterocycles. The van der Waals surface area contributed by atoms with Gasteiger partial charge in [-0.2, -0.15) is 13.2 Å². The molecule has 0 aromatic carbocycles. The fraction of sp³-hybridized carbons (Fsp3) is 0.429. The fourth-order valence-electron chi connectivity index (χ4n) is 5.95. The van der Waals surface area contributed by atoms with Crippen LogP contribution in [0.2, 0.25) is 0 Å². The highest BCUT2D eigenvalue weighted by Crippen LogP contribution is 2.48. The first-order chi connectivity index (χ1) is 18.7. The summed E-state index contributed by atoms with van der Waals surface area (Å²) in [5.74, 6) is -0.191. The van der Waals surface area contributed by atoms with E-state index in [0.29, 0.717) is 61.9 Å². The minimum Gasteiger partial charge on any atom is -0.494 e. The molecule has 5 rings (SSSR count). The van der Waals surface area contributed by atoms with Gasteiger partial charge in [-0.1, -0.05) is 19.4 Å². The number of anilines is 1. The standard InChI is InChI=1S/C28H30F3N5O3/c1-4-17-15-36(21-13-32-14-22(38-3)23(21)28(29,30)31)12-10-27(17)16-34-25(37)24-19(27)8-9-20(35-24)18-7-6-11-33-26(18)39-5-2/h6-9,11,13-14,17H,4-5,10,12,15-16H2,1-3H3,(H,34,37). The Bertz CT molecular complexity index is 1380. The number of nitrogens with one attached hydrogen (secondary N) is 1. The number of ether oxygens (including phenoxy) is 2. The Hall–Kier alpha value is -3.89. The Morgan fingerprint density at radius 1 is 1.21 bits per heavy atom. The quantitative estimate of drug-likeness (QED) is 0.476. The van der Waals surface area contributed by atoms with Gasteiger partial charge in [0.1, 0.15) is 11.3 Å². The zero-order valence-electron chi connectivity index (χ0n) is 22.0. The van der Waals surface area contributed by atoms with E-state index >= 15 is 0 Å². The number of pyridine rings is 3. The third-order valence-electron chi connectivity index (χ3n) is 7.82. The average molecular weight is 542 g/mol. The largest absolute Gasteiger partial charge is 0.494 e. The van der Waals surface area contributed by atoms with Crippen LogP contribution in [-0.4, -0.2) is 54.2 Å². The van der Waals surface area contributed by atoms with Gasteiger partial charge in [0, 0.05) is 31.2 Å². The van der Waals surface area contributed by atoms with Crippen LogP contribution in [0.3, 0.4) is 0 Å². The van der Waals surface area contributed by atoms with Gasteiger partial charge < -0.3 is 19.7 Å². The van der Waals surface area contributed by atoms with Crippen molar-refractivity contribution in [3.05, 3.63) is 59.7 Å². The van der Waals surface area contributed by atoms with Crippen molar-refractivity contribution in [3.63, 3.8) is 0 Å². The summed E-state index contributed by atoms with van der Waals surface area (Å²) in [6.45, 7) is 5.43. The van der Waals surface area contributed by atoms with E-state index in [4.69, 9.17) is 14.5 Å². The van der Waals surface area contributed by atoms with Crippen LogP contribution in [0.1, 0.15) is 48.3 Å². The predicted molar refractivity (Wildman–Crippen MR) is 139 cm³/mol. The van der Waals surface area contributed by atoms with E-state index in [1.807, 2.05) is 32.0 Å². The van der Waals surface area contributed by atoms with Crippen molar-refractivity contribution in [2.24, 2.45) is 5.92 Å². The van der Waals surface area contributed by atoms with Gasteiger partial charge in [-0.3, -0.25) is 9.78 Å². The molecule has 0 saturated carbocycles. The van der Waals surface area contributed by atoms with Crippen molar-refractivity contribution in [1.82, 2.24) is 20.3 Å². The number of hydrogen-bond acceptors (Lipinski definition) is 7. The number of hydrogen-bond donors (Lipinski definition) is 1. The number of carbonyl (C=O) groups is 1. The van der Waals surface area contributed by atoms with Crippen LogP contribution in [0.5, 0.6) is 11.6 Å². The van der Waals surface area contributed by atoms with Gasteiger partial charge in [0.15, 0.2) is 5.75 Å². The van der Waals surface area contributed by atoms with E-state index in [2.05, 4.69) is 15.3 Å². The lowest BCUT2D eigenvalue weighted by atomic mass is 9.63. The number of fused-ring (bicyclic) bond motifs is 2. The normalized spacial score (nSPS) is 20.9. The lowest BCUT2D eigenvalue weighted by Gasteiger charge is -2.51. The smallest absolute Gasteiger partial charge is 0.422 e. The Kier molecular flexibility index (Phi) is 7.09. The average Bonchev–Trinajstić information content (AvgIpc) is 2.94. The zero-order valence-corrected chi connectivity index (χ0v) is 22.0. The lowest BCUT2D eigenvalue weighted by molar-refractivity contribution is -0.138. The summed E-state index contributed by atoms with van der Waals surface area (Å²) in [5, 5.41) is 3.01. The van der Waals surface area contributed by atoms with Gasteiger partial charge in [-0.25, -0.2) is 9.97 Å². The highest BCUT2D eigenvalue weighted by Gasteiger charge is 2.49. The first-order valence-corrected chi connectivity index (χ1v) is 13.0. The third-order valence-corrected chi connectivity index (χ3v) is 7.82. The number of piperidine rings is 1. The molecule has 5 heterocycles. The molecule has 1 amide bonds. The molecule has 2 aliphatic rings. The summed E-state index contributed by atoms with van der Waals surface area (Å²) in [5.41, 5.74) is 1.11. The molecular weight excluding hydrogens is 511 g/mol. The SMILES string of the molecule is CCOc1ncccc1-c1ccc2c(n1)C(=O)NCC21CCN(c2cncc(OC)c2C(F)(F)F)CC1CC. The Balaban J connectivity index is 1.53.